The van der Waals surface area contributed by atoms with Gasteiger partial charge in [0, 0.05) is 18.9 Å². The van der Waals surface area contributed by atoms with Crippen molar-refractivity contribution in [3.63, 3.8) is 0 Å². The zero-order chi connectivity index (χ0) is 10.2. The van der Waals surface area contributed by atoms with Crippen molar-refractivity contribution in [2.24, 2.45) is 5.92 Å². The van der Waals surface area contributed by atoms with Gasteiger partial charge in [-0.05, 0) is 26.7 Å². The second kappa shape index (κ2) is 3.47. The molecule has 2 saturated heterocycles. The minimum Gasteiger partial charge on any atom is -0.389 e. The zero-order valence-electron chi connectivity index (χ0n) is 9.08. The Kier molecular flexibility index (Phi) is 2.58. The van der Waals surface area contributed by atoms with Crippen molar-refractivity contribution < 1.29 is 14.6 Å². The van der Waals surface area contributed by atoms with Gasteiger partial charge < -0.3 is 14.6 Å². The summed E-state index contributed by atoms with van der Waals surface area (Å²) in [6, 6.07) is 0. The molecule has 2 aliphatic rings. The maximum atomic E-state index is 10.5. The average Bonchev–Trinajstić information content (AvgIpc) is 2.52. The summed E-state index contributed by atoms with van der Waals surface area (Å²) in [5.74, 6) is 0.311. The van der Waals surface area contributed by atoms with Gasteiger partial charge in [0.25, 0.3) is 0 Å². The standard InChI is InChI=1S/C11H20O3/c1-10(2)8-11(12,4-6-14-10)9-3-5-13-7-9/h9,12H,3-8H2,1-2H3. The molecule has 0 amide bonds. The van der Waals surface area contributed by atoms with Crippen LogP contribution < -0.4 is 0 Å². The van der Waals surface area contributed by atoms with Crippen LogP contribution in [0.2, 0.25) is 0 Å². The SMILES string of the molecule is CC1(C)CC(O)(C2CCOC2)CCO1. The lowest BCUT2D eigenvalue weighted by Crippen LogP contribution is -2.50. The molecule has 0 aromatic rings. The van der Waals surface area contributed by atoms with Crippen molar-refractivity contribution >= 4 is 0 Å². The van der Waals surface area contributed by atoms with Crippen molar-refractivity contribution in [3.8, 4) is 0 Å². The molecule has 0 aromatic carbocycles. The fraction of sp³-hybridized carbons (Fsp3) is 1.00. The average molecular weight is 200 g/mol. The first kappa shape index (κ1) is 10.4. The van der Waals surface area contributed by atoms with E-state index in [4.69, 9.17) is 9.47 Å². The number of rotatable bonds is 1. The maximum Gasteiger partial charge on any atom is 0.0747 e. The minimum absolute atomic E-state index is 0.185. The number of ether oxygens (including phenoxy) is 2. The fourth-order valence-corrected chi connectivity index (χ4v) is 2.69. The maximum absolute atomic E-state index is 10.5. The zero-order valence-corrected chi connectivity index (χ0v) is 9.08. The summed E-state index contributed by atoms with van der Waals surface area (Å²) < 4.78 is 11.0. The van der Waals surface area contributed by atoms with Gasteiger partial charge in [0.05, 0.1) is 24.4 Å². The van der Waals surface area contributed by atoms with Crippen LogP contribution in [0.3, 0.4) is 0 Å². The highest BCUT2D eigenvalue weighted by Gasteiger charge is 2.45. The second-order valence-corrected chi connectivity index (χ2v) is 5.20. The van der Waals surface area contributed by atoms with Gasteiger partial charge in [-0.2, -0.15) is 0 Å². The summed E-state index contributed by atoms with van der Waals surface area (Å²) in [5.41, 5.74) is -0.742. The summed E-state index contributed by atoms with van der Waals surface area (Å²) in [6.45, 7) is 6.28. The highest BCUT2D eigenvalue weighted by atomic mass is 16.5. The molecule has 2 atom stereocenters. The molecular weight excluding hydrogens is 180 g/mol. The van der Waals surface area contributed by atoms with Crippen LogP contribution in [0.4, 0.5) is 0 Å². The van der Waals surface area contributed by atoms with Crippen molar-refractivity contribution in [2.75, 3.05) is 19.8 Å². The summed E-state index contributed by atoms with van der Waals surface area (Å²) in [7, 11) is 0. The van der Waals surface area contributed by atoms with Gasteiger partial charge in [-0.15, -0.1) is 0 Å². The third-order valence-corrected chi connectivity index (χ3v) is 3.45. The van der Waals surface area contributed by atoms with Crippen LogP contribution in [0, 0.1) is 5.92 Å². The molecule has 1 N–H and O–H groups in total. The number of hydrogen-bond donors (Lipinski definition) is 1. The number of aliphatic hydroxyl groups is 1. The molecule has 0 aromatic heterocycles. The lowest BCUT2D eigenvalue weighted by molar-refractivity contribution is -0.165. The summed E-state index contributed by atoms with van der Waals surface area (Å²) in [5, 5.41) is 10.5. The molecule has 14 heavy (non-hydrogen) atoms. The van der Waals surface area contributed by atoms with Crippen molar-refractivity contribution in [2.45, 2.75) is 44.3 Å². The molecule has 3 nitrogen and oxygen atoms in total. The van der Waals surface area contributed by atoms with Gasteiger partial charge >= 0.3 is 0 Å². The third-order valence-electron chi connectivity index (χ3n) is 3.45. The van der Waals surface area contributed by atoms with Crippen molar-refractivity contribution in [1.29, 1.82) is 0 Å². The molecule has 3 heteroatoms. The first-order chi connectivity index (χ1) is 6.52. The Morgan fingerprint density at radius 2 is 2.07 bits per heavy atom. The van der Waals surface area contributed by atoms with Crippen LogP contribution >= 0.6 is 0 Å². The van der Waals surface area contributed by atoms with E-state index in [0.29, 0.717) is 19.1 Å². The van der Waals surface area contributed by atoms with Crippen LogP contribution in [-0.4, -0.2) is 36.1 Å². The van der Waals surface area contributed by atoms with E-state index in [1.165, 1.54) is 0 Å². The van der Waals surface area contributed by atoms with E-state index in [2.05, 4.69) is 0 Å². The fourth-order valence-electron chi connectivity index (χ4n) is 2.69. The predicted octanol–water partition coefficient (Wildman–Crippen LogP) is 1.34. The van der Waals surface area contributed by atoms with Gasteiger partial charge in [-0.3, -0.25) is 0 Å². The van der Waals surface area contributed by atoms with Crippen LogP contribution in [-0.2, 0) is 9.47 Å². The molecule has 0 spiro atoms. The summed E-state index contributed by atoms with van der Waals surface area (Å²) in [4.78, 5) is 0. The van der Waals surface area contributed by atoms with E-state index < -0.39 is 5.60 Å². The molecule has 2 rings (SSSR count). The first-order valence-electron chi connectivity index (χ1n) is 5.46. The minimum atomic E-state index is -0.557. The smallest absolute Gasteiger partial charge is 0.0747 e. The van der Waals surface area contributed by atoms with Crippen molar-refractivity contribution in [3.05, 3.63) is 0 Å². The Bertz CT molecular complexity index is 209. The van der Waals surface area contributed by atoms with E-state index in [0.717, 1.165) is 25.9 Å². The molecule has 0 radical (unpaired) electrons. The molecular formula is C11H20O3. The Labute approximate surface area is 85.4 Å². The highest BCUT2D eigenvalue weighted by molar-refractivity contribution is 4.96. The Morgan fingerprint density at radius 1 is 1.29 bits per heavy atom. The Hall–Kier alpha value is -0.120. The summed E-state index contributed by atoms with van der Waals surface area (Å²) >= 11 is 0. The van der Waals surface area contributed by atoms with Crippen LogP contribution in [0.15, 0.2) is 0 Å². The third kappa shape index (κ3) is 1.95. The second-order valence-electron chi connectivity index (χ2n) is 5.20. The topological polar surface area (TPSA) is 38.7 Å². The molecule has 0 aliphatic carbocycles. The van der Waals surface area contributed by atoms with E-state index in [1.807, 2.05) is 13.8 Å². The lowest BCUT2D eigenvalue weighted by Gasteiger charge is -2.44. The quantitative estimate of drug-likeness (QED) is 0.694. The van der Waals surface area contributed by atoms with Gasteiger partial charge in [0.1, 0.15) is 0 Å². The van der Waals surface area contributed by atoms with E-state index in [9.17, 15) is 5.11 Å². The van der Waals surface area contributed by atoms with Crippen LogP contribution in [0.1, 0.15) is 33.1 Å². The Morgan fingerprint density at radius 3 is 2.64 bits per heavy atom. The largest absolute Gasteiger partial charge is 0.389 e. The van der Waals surface area contributed by atoms with E-state index in [1.54, 1.807) is 0 Å². The van der Waals surface area contributed by atoms with Gasteiger partial charge in [-0.25, -0.2) is 0 Å². The van der Waals surface area contributed by atoms with Gasteiger partial charge in [-0.1, -0.05) is 0 Å². The van der Waals surface area contributed by atoms with Crippen molar-refractivity contribution in [1.82, 2.24) is 0 Å². The summed E-state index contributed by atoms with van der Waals surface area (Å²) in [6.07, 6.45) is 2.48. The first-order valence-corrected chi connectivity index (χ1v) is 5.46. The molecule has 0 bridgehead atoms. The monoisotopic (exact) mass is 200 g/mol. The lowest BCUT2D eigenvalue weighted by atomic mass is 9.75. The highest BCUT2D eigenvalue weighted by Crippen LogP contribution is 2.39. The molecule has 2 aliphatic heterocycles. The molecule has 2 fully saturated rings. The van der Waals surface area contributed by atoms with Gasteiger partial charge in [0.2, 0.25) is 0 Å². The molecule has 82 valence electrons. The normalized spacial score (nSPS) is 42.6. The van der Waals surface area contributed by atoms with Gasteiger partial charge in [0.15, 0.2) is 0 Å². The molecule has 2 unspecified atom stereocenters. The van der Waals surface area contributed by atoms with Crippen LogP contribution in [0.25, 0.3) is 0 Å². The van der Waals surface area contributed by atoms with Crippen LogP contribution in [0.5, 0.6) is 0 Å². The van der Waals surface area contributed by atoms with E-state index >= 15 is 0 Å². The Balaban J connectivity index is 2.06. The number of hydrogen-bond acceptors (Lipinski definition) is 3. The molecule has 2 heterocycles. The molecule has 0 saturated carbocycles. The van der Waals surface area contributed by atoms with E-state index in [-0.39, 0.29) is 5.60 Å². The predicted molar refractivity (Wildman–Crippen MR) is 53.1 cm³/mol.